The van der Waals surface area contributed by atoms with E-state index in [4.69, 9.17) is 0 Å². The number of rotatable bonds is 3. The summed E-state index contributed by atoms with van der Waals surface area (Å²) in [6, 6.07) is 0. The summed E-state index contributed by atoms with van der Waals surface area (Å²) >= 11 is 0. The Morgan fingerprint density at radius 3 is 3.00 bits per heavy atom. The summed E-state index contributed by atoms with van der Waals surface area (Å²) in [7, 11) is 0. The average Bonchev–Trinajstić information content (AvgIpc) is 2.78. The molecule has 1 atom stereocenters. The zero-order valence-electron chi connectivity index (χ0n) is 9.33. The summed E-state index contributed by atoms with van der Waals surface area (Å²) in [5.41, 5.74) is 0.813. The van der Waals surface area contributed by atoms with Crippen LogP contribution in [0.2, 0.25) is 0 Å². The molecule has 0 amide bonds. The molecule has 1 fully saturated rings. The largest absolute Gasteiger partial charge is 0.480 e. The minimum atomic E-state index is -0.668. The summed E-state index contributed by atoms with van der Waals surface area (Å²) in [4.78, 5) is 13.4. The van der Waals surface area contributed by atoms with E-state index < -0.39 is 11.5 Å². The first-order valence-corrected chi connectivity index (χ1v) is 5.79. The third-order valence-corrected chi connectivity index (χ3v) is 3.78. The number of aliphatic carboxylic acids is 1. The maximum atomic E-state index is 11.2. The van der Waals surface area contributed by atoms with Gasteiger partial charge in [-0.15, -0.1) is 0 Å². The van der Waals surface area contributed by atoms with Crippen molar-refractivity contribution >= 4 is 5.97 Å². The summed E-state index contributed by atoms with van der Waals surface area (Å²) in [6.07, 6.45) is 7.65. The lowest BCUT2D eigenvalue weighted by molar-refractivity contribution is -0.148. The second kappa shape index (κ2) is 3.97. The van der Waals surface area contributed by atoms with E-state index >= 15 is 0 Å². The molecule has 3 heteroatoms. The quantitative estimate of drug-likeness (QED) is 0.723. The van der Waals surface area contributed by atoms with Gasteiger partial charge >= 0.3 is 5.97 Å². The van der Waals surface area contributed by atoms with E-state index in [2.05, 4.69) is 11.0 Å². The summed E-state index contributed by atoms with van der Waals surface area (Å²) in [5.74, 6) is -0.668. The van der Waals surface area contributed by atoms with Crippen LogP contribution in [-0.2, 0) is 4.79 Å². The molecule has 84 valence electrons. The van der Waals surface area contributed by atoms with Gasteiger partial charge in [-0.3, -0.25) is 9.69 Å². The molecule has 0 bridgehead atoms. The lowest BCUT2D eigenvalue weighted by Gasteiger charge is -2.31. The minimum absolute atomic E-state index is 0.622. The molecule has 0 aromatic heterocycles. The molecule has 1 heterocycles. The number of carbonyl (C=O) groups is 1. The van der Waals surface area contributed by atoms with E-state index in [1.165, 1.54) is 18.4 Å². The smallest absolute Gasteiger partial charge is 0.323 e. The van der Waals surface area contributed by atoms with E-state index in [1.54, 1.807) is 0 Å². The van der Waals surface area contributed by atoms with Crippen LogP contribution in [0.4, 0.5) is 0 Å². The SMILES string of the molecule is CC1(C(=O)O)CCCN1CC1=CCCC1. The molecule has 1 unspecified atom stereocenters. The van der Waals surface area contributed by atoms with Crippen LogP contribution < -0.4 is 0 Å². The maximum absolute atomic E-state index is 11.2. The Balaban J connectivity index is 2.04. The van der Waals surface area contributed by atoms with Gasteiger partial charge in [0, 0.05) is 6.54 Å². The van der Waals surface area contributed by atoms with Crippen molar-refractivity contribution in [3.63, 3.8) is 0 Å². The van der Waals surface area contributed by atoms with Crippen LogP contribution in [0.15, 0.2) is 11.6 Å². The predicted octanol–water partition coefficient (Wildman–Crippen LogP) is 2.04. The highest BCUT2D eigenvalue weighted by Crippen LogP contribution is 2.31. The van der Waals surface area contributed by atoms with Gasteiger partial charge in [-0.2, -0.15) is 0 Å². The lowest BCUT2D eigenvalue weighted by Crippen LogP contribution is -2.48. The third-order valence-electron chi connectivity index (χ3n) is 3.78. The molecule has 0 aromatic carbocycles. The predicted molar refractivity (Wildman–Crippen MR) is 58.8 cm³/mol. The van der Waals surface area contributed by atoms with Crippen molar-refractivity contribution < 1.29 is 9.90 Å². The average molecular weight is 209 g/mol. The maximum Gasteiger partial charge on any atom is 0.323 e. The molecule has 2 aliphatic rings. The van der Waals surface area contributed by atoms with Gasteiger partial charge in [0.15, 0.2) is 0 Å². The standard InChI is InChI=1S/C12H19NO2/c1-12(11(14)15)7-4-8-13(12)9-10-5-2-3-6-10/h5H,2-4,6-9H2,1H3,(H,14,15). The second-order valence-corrected chi connectivity index (χ2v) is 4.86. The first-order chi connectivity index (χ1) is 7.13. The monoisotopic (exact) mass is 209 g/mol. The number of hydrogen-bond acceptors (Lipinski definition) is 2. The molecular formula is C12H19NO2. The molecule has 0 radical (unpaired) electrons. The van der Waals surface area contributed by atoms with Crippen LogP contribution in [0, 0.1) is 0 Å². The van der Waals surface area contributed by atoms with Crippen LogP contribution in [0.5, 0.6) is 0 Å². The molecule has 1 N–H and O–H groups in total. The summed E-state index contributed by atoms with van der Waals surface area (Å²) in [6.45, 7) is 3.65. The van der Waals surface area contributed by atoms with E-state index in [1.807, 2.05) is 6.92 Å². The number of likely N-dealkylation sites (tertiary alicyclic amines) is 1. The van der Waals surface area contributed by atoms with Crippen molar-refractivity contribution in [3.05, 3.63) is 11.6 Å². The van der Waals surface area contributed by atoms with Crippen molar-refractivity contribution in [2.75, 3.05) is 13.1 Å². The Kier molecular flexibility index (Phi) is 2.83. The Bertz CT molecular complexity index is 298. The van der Waals surface area contributed by atoms with Crippen LogP contribution in [0.25, 0.3) is 0 Å². The number of carboxylic acids is 1. The molecule has 1 saturated heterocycles. The van der Waals surface area contributed by atoms with E-state index in [0.29, 0.717) is 0 Å². The molecule has 2 rings (SSSR count). The fourth-order valence-corrected chi connectivity index (χ4v) is 2.64. The third kappa shape index (κ3) is 1.93. The van der Waals surface area contributed by atoms with Gasteiger partial charge < -0.3 is 5.11 Å². The van der Waals surface area contributed by atoms with E-state index in [-0.39, 0.29) is 0 Å². The number of nitrogens with zero attached hydrogens (tertiary/aromatic N) is 1. The Labute approximate surface area is 90.8 Å². The first-order valence-electron chi connectivity index (χ1n) is 5.79. The highest BCUT2D eigenvalue weighted by atomic mass is 16.4. The van der Waals surface area contributed by atoms with Crippen molar-refractivity contribution in [3.8, 4) is 0 Å². The number of carboxylic acid groups (broad SMARTS) is 1. The molecule has 3 nitrogen and oxygen atoms in total. The van der Waals surface area contributed by atoms with E-state index in [9.17, 15) is 9.90 Å². The van der Waals surface area contributed by atoms with Crippen molar-refractivity contribution in [1.29, 1.82) is 0 Å². The summed E-state index contributed by atoms with van der Waals surface area (Å²) in [5, 5.41) is 9.26. The van der Waals surface area contributed by atoms with Crippen molar-refractivity contribution in [2.24, 2.45) is 0 Å². The van der Waals surface area contributed by atoms with Crippen LogP contribution >= 0.6 is 0 Å². The van der Waals surface area contributed by atoms with Crippen molar-refractivity contribution in [2.45, 2.75) is 44.6 Å². The lowest BCUT2D eigenvalue weighted by atomic mass is 9.99. The zero-order valence-corrected chi connectivity index (χ0v) is 9.33. The zero-order chi connectivity index (χ0) is 10.9. The first kappa shape index (κ1) is 10.7. The second-order valence-electron chi connectivity index (χ2n) is 4.86. The molecule has 0 saturated carbocycles. The van der Waals surface area contributed by atoms with Gasteiger partial charge in [0.2, 0.25) is 0 Å². The van der Waals surface area contributed by atoms with Gasteiger partial charge in [-0.1, -0.05) is 11.6 Å². The van der Waals surface area contributed by atoms with Gasteiger partial charge in [0.25, 0.3) is 0 Å². The Morgan fingerprint density at radius 1 is 1.60 bits per heavy atom. The molecular weight excluding hydrogens is 190 g/mol. The molecule has 0 spiro atoms. The normalized spacial score (nSPS) is 31.9. The molecule has 1 aliphatic carbocycles. The molecule has 15 heavy (non-hydrogen) atoms. The molecule has 1 aliphatic heterocycles. The van der Waals surface area contributed by atoms with Gasteiger partial charge in [0.05, 0.1) is 0 Å². The Hall–Kier alpha value is -0.830. The minimum Gasteiger partial charge on any atom is -0.480 e. The number of hydrogen-bond donors (Lipinski definition) is 1. The highest BCUT2D eigenvalue weighted by molar-refractivity contribution is 5.78. The number of allylic oxidation sites excluding steroid dienone is 1. The van der Waals surface area contributed by atoms with Gasteiger partial charge in [0.1, 0.15) is 5.54 Å². The summed E-state index contributed by atoms with van der Waals surface area (Å²) < 4.78 is 0. The van der Waals surface area contributed by atoms with E-state index in [0.717, 1.165) is 32.4 Å². The Morgan fingerprint density at radius 2 is 2.40 bits per heavy atom. The fourth-order valence-electron chi connectivity index (χ4n) is 2.64. The highest BCUT2D eigenvalue weighted by Gasteiger charge is 2.43. The van der Waals surface area contributed by atoms with Crippen LogP contribution in [-0.4, -0.2) is 34.6 Å². The van der Waals surface area contributed by atoms with Crippen LogP contribution in [0.3, 0.4) is 0 Å². The molecule has 0 aromatic rings. The fraction of sp³-hybridized carbons (Fsp3) is 0.750. The van der Waals surface area contributed by atoms with Gasteiger partial charge in [-0.05, 0) is 45.6 Å². The van der Waals surface area contributed by atoms with Crippen LogP contribution in [0.1, 0.15) is 39.0 Å². The van der Waals surface area contributed by atoms with Gasteiger partial charge in [-0.25, -0.2) is 0 Å². The van der Waals surface area contributed by atoms with Crippen molar-refractivity contribution in [1.82, 2.24) is 4.90 Å². The topological polar surface area (TPSA) is 40.5 Å².